The molecule has 1 heteroatoms. The van der Waals surface area contributed by atoms with Gasteiger partial charge < -0.3 is 4.90 Å². The van der Waals surface area contributed by atoms with E-state index in [0.29, 0.717) is 12.0 Å². The molecule has 0 saturated heterocycles. The zero-order chi connectivity index (χ0) is 24.0. The molecule has 0 bridgehead atoms. The number of anilines is 2. The minimum atomic E-state index is 0.0219. The molecule has 0 aromatic heterocycles. The maximum absolute atomic E-state index is 2.51. The predicted octanol–water partition coefficient (Wildman–Crippen LogP) is 9.33. The molecule has 0 fully saturated rings. The van der Waals surface area contributed by atoms with Crippen molar-refractivity contribution in [1.82, 2.24) is 0 Å². The smallest absolute Gasteiger partial charge is 0.0454 e. The highest BCUT2D eigenvalue weighted by atomic mass is 15.2. The molecule has 0 unspecified atom stereocenters. The van der Waals surface area contributed by atoms with Crippen LogP contribution in [0.5, 0.6) is 0 Å². The van der Waals surface area contributed by atoms with Gasteiger partial charge in [-0.25, -0.2) is 0 Å². The minimum Gasteiger partial charge on any atom is -0.339 e. The molecule has 0 N–H and O–H groups in total. The summed E-state index contributed by atoms with van der Waals surface area (Å²) in [6.07, 6.45) is 0. The number of rotatable bonds is 5. The fraction of sp³-hybridized carbons (Fsp3) is 0.273. The molecular weight excluding hydrogens is 410 g/mol. The summed E-state index contributed by atoms with van der Waals surface area (Å²) in [6, 6.07) is 33.7. The van der Waals surface area contributed by atoms with Crippen LogP contribution in [-0.2, 0) is 5.41 Å². The second-order valence-corrected chi connectivity index (χ2v) is 10.6. The molecule has 0 amide bonds. The van der Waals surface area contributed by atoms with Crippen LogP contribution in [0.2, 0.25) is 0 Å². The third-order valence-corrected chi connectivity index (χ3v) is 7.37. The summed E-state index contributed by atoms with van der Waals surface area (Å²) in [4.78, 5) is 2.51. The molecule has 0 spiro atoms. The van der Waals surface area contributed by atoms with Crippen molar-refractivity contribution >= 4 is 11.4 Å². The molecule has 0 saturated carbocycles. The van der Waals surface area contributed by atoms with Crippen LogP contribution in [0.1, 0.15) is 64.2 Å². The van der Waals surface area contributed by atoms with Gasteiger partial charge in [-0.15, -0.1) is 0 Å². The largest absolute Gasteiger partial charge is 0.339 e. The average molecular weight is 446 g/mol. The van der Waals surface area contributed by atoms with Crippen molar-refractivity contribution in [2.24, 2.45) is 0 Å². The Hall–Kier alpha value is -3.32. The lowest BCUT2D eigenvalue weighted by Gasteiger charge is -2.34. The first-order valence-corrected chi connectivity index (χ1v) is 12.5. The SMILES string of the molecule is CC(C)c1c(N(c2ccc(-c3ccccc3)cc2)C(C)C)ccc2c1-c1ccccc1C2(C)C. The highest BCUT2D eigenvalue weighted by Crippen LogP contribution is 2.53. The molecule has 0 aliphatic heterocycles. The van der Waals surface area contributed by atoms with E-state index in [1.165, 1.54) is 50.3 Å². The van der Waals surface area contributed by atoms with Gasteiger partial charge in [0, 0.05) is 22.8 Å². The Kier molecular flexibility index (Phi) is 5.60. The quantitative estimate of drug-likeness (QED) is 0.296. The number of benzene rings is 4. The lowest BCUT2D eigenvalue weighted by atomic mass is 9.81. The van der Waals surface area contributed by atoms with Gasteiger partial charge >= 0.3 is 0 Å². The number of fused-ring (bicyclic) bond motifs is 3. The predicted molar refractivity (Wildman–Crippen MR) is 147 cm³/mol. The first-order chi connectivity index (χ1) is 16.3. The van der Waals surface area contributed by atoms with E-state index >= 15 is 0 Å². The summed E-state index contributed by atoms with van der Waals surface area (Å²) in [5.74, 6) is 0.414. The maximum atomic E-state index is 2.51. The van der Waals surface area contributed by atoms with Gasteiger partial charge in [-0.1, -0.05) is 100 Å². The topological polar surface area (TPSA) is 3.24 Å². The van der Waals surface area contributed by atoms with Crippen LogP contribution in [0.3, 0.4) is 0 Å². The van der Waals surface area contributed by atoms with Gasteiger partial charge in [-0.2, -0.15) is 0 Å². The van der Waals surface area contributed by atoms with Crippen molar-refractivity contribution in [1.29, 1.82) is 0 Å². The van der Waals surface area contributed by atoms with Crippen molar-refractivity contribution in [3.05, 3.63) is 108 Å². The van der Waals surface area contributed by atoms with Crippen LogP contribution in [0, 0.1) is 0 Å². The minimum absolute atomic E-state index is 0.0219. The Morgan fingerprint density at radius 3 is 1.88 bits per heavy atom. The first kappa shape index (κ1) is 22.5. The fourth-order valence-corrected chi connectivity index (χ4v) is 5.77. The molecule has 34 heavy (non-hydrogen) atoms. The maximum Gasteiger partial charge on any atom is 0.0454 e. The van der Waals surface area contributed by atoms with E-state index in [2.05, 4.69) is 137 Å². The molecule has 4 aromatic carbocycles. The van der Waals surface area contributed by atoms with E-state index in [-0.39, 0.29) is 5.41 Å². The lowest BCUT2D eigenvalue weighted by Crippen LogP contribution is -2.27. The Labute approximate surface area is 205 Å². The monoisotopic (exact) mass is 445 g/mol. The Morgan fingerprint density at radius 2 is 1.24 bits per heavy atom. The average Bonchev–Trinajstić information content (AvgIpc) is 3.07. The third-order valence-electron chi connectivity index (χ3n) is 7.37. The first-order valence-electron chi connectivity index (χ1n) is 12.5. The van der Waals surface area contributed by atoms with E-state index < -0.39 is 0 Å². The van der Waals surface area contributed by atoms with Crippen LogP contribution in [0.15, 0.2) is 91.0 Å². The number of hydrogen-bond acceptors (Lipinski definition) is 1. The number of hydrogen-bond donors (Lipinski definition) is 0. The van der Waals surface area contributed by atoms with Crippen LogP contribution in [0.25, 0.3) is 22.3 Å². The summed E-state index contributed by atoms with van der Waals surface area (Å²) in [5.41, 5.74) is 12.3. The highest BCUT2D eigenvalue weighted by molar-refractivity contribution is 5.88. The Balaban J connectivity index is 1.67. The molecule has 0 atom stereocenters. The molecule has 1 nitrogen and oxygen atoms in total. The van der Waals surface area contributed by atoms with Gasteiger partial charge in [-0.3, -0.25) is 0 Å². The molecule has 5 rings (SSSR count). The Morgan fingerprint density at radius 1 is 0.618 bits per heavy atom. The van der Waals surface area contributed by atoms with E-state index in [1.54, 1.807) is 0 Å². The van der Waals surface area contributed by atoms with Gasteiger partial charge in [0.15, 0.2) is 0 Å². The molecule has 172 valence electrons. The van der Waals surface area contributed by atoms with Crippen molar-refractivity contribution in [3.63, 3.8) is 0 Å². The van der Waals surface area contributed by atoms with Gasteiger partial charge in [0.25, 0.3) is 0 Å². The van der Waals surface area contributed by atoms with Crippen molar-refractivity contribution < 1.29 is 0 Å². The summed E-state index contributed by atoms with van der Waals surface area (Å²) >= 11 is 0. The lowest BCUT2D eigenvalue weighted by molar-refractivity contribution is 0.659. The molecular formula is C33H35N. The standard InChI is InChI=1S/C33H35N/c1-22(2)31-30(21-20-29-32(31)27-14-10-11-15-28(27)33(29,5)6)34(23(3)4)26-18-16-25(17-19-26)24-12-8-7-9-13-24/h7-23H,1-6H3. The van der Waals surface area contributed by atoms with Gasteiger partial charge in [0.1, 0.15) is 0 Å². The third kappa shape index (κ3) is 3.55. The van der Waals surface area contributed by atoms with Crippen LogP contribution < -0.4 is 4.90 Å². The van der Waals surface area contributed by atoms with Gasteiger partial charge in [-0.05, 0) is 76.9 Å². The molecule has 1 aliphatic rings. The molecule has 0 radical (unpaired) electrons. The zero-order valence-electron chi connectivity index (χ0n) is 21.3. The van der Waals surface area contributed by atoms with Gasteiger partial charge in [0.05, 0.1) is 0 Å². The second-order valence-electron chi connectivity index (χ2n) is 10.6. The normalized spacial score (nSPS) is 13.8. The summed E-state index contributed by atoms with van der Waals surface area (Å²) in [6.45, 7) is 14.0. The summed E-state index contributed by atoms with van der Waals surface area (Å²) in [5, 5.41) is 0. The number of nitrogens with zero attached hydrogens (tertiary/aromatic N) is 1. The van der Waals surface area contributed by atoms with Crippen molar-refractivity contribution in [2.75, 3.05) is 4.90 Å². The van der Waals surface area contributed by atoms with Crippen LogP contribution >= 0.6 is 0 Å². The Bertz CT molecular complexity index is 1310. The highest BCUT2D eigenvalue weighted by Gasteiger charge is 2.38. The molecule has 4 aromatic rings. The molecule has 0 heterocycles. The fourth-order valence-electron chi connectivity index (χ4n) is 5.77. The van der Waals surface area contributed by atoms with Crippen LogP contribution in [0.4, 0.5) is 11.4 Å². The van der Waals surface area contributed by atoms with Crippen molar-refractivity contribution in [3.8, 4) is 22.3 Å². The second kappa shape index (κ2) is 8.47. The summed E-state index contributed by atoms with van der Waals surface area (Å²) < 4.78 is 0. The van der Waals surface area contributed by atoms with Crippen molar-refractivity contribution in [2.45, 2.75) is 58.9 Å². The van der Waals surface area contributed by atoms with Crippen LogP contribution in [-0.4, -0.2) is 6.04 Å². The molecule has 1 aliphatic carbocycles. The van der Waals surface area contributed by atoms with E-state index in [1.807, 2.05) is 0 Å². The van der Waals surface area contributed by atoms with Gasteiger partial charge in [0.2, 0.25) is 0 Å². The van der Waals surface area contributed by atoms with E-state index in [4.69, 9.17) is 0 Å². The van der Waals surface area contributed by atoms with E-state index in [0.717, 1.165) is 0 Å². The van der Waals surface area contributed by atoms with E-state index in [9.17, 15) is 0 Å². The summed E-state index contributed by atoms with van der Waals surface area (Å²) in [7, 11) is 0. The zero-order valence-corrected chi connectivity index (χ0v) is 21.3.